The molecule has 92 valence electrons. The number of para-hydroxylation sites is 1. The molecule has 1 heterocycles. The highest BCUT2D eigenvalue weighted by Crippen LogP contribution is 2.23. The molecule has 1 atom stereocenters. The first-order valence-electron chi connectivity index (χ1n) is 5.96. The van der Waals surface area contributed by atoms with Crippen LogP contribution < -0.4 is 5.32 Å². The largest absolute Gasteiger partial charge is 0.329 e. The molecule has 1 unspecified atom stereocenters. The maximum Gasteiger partial charge on any atom is 0.123 e. The summed E-state index contributed by atoms with van der Waals surface area (Å²) >= 11 is 6.18. The van der Waals surface area contributed by atoms with E-state index in [0.717, 1.165) is 34.8 Å². The summed E-state index contributed by atoms with van der Waals surface area (Å²) in [6, 6.07) is 6.33. The van der Waals surface area contributed by atoms with Gasteiger partial charge in [-0.15, -0.1) is 0 Å². The van der Waals surface area contributed by atoms with Gasteiger partial charge in [-0.3, -0.25) is 0 Å². The van der Waals surface area contributed by atoms with Crippen LogP contribution in [0.3, 0.4) is 0 Å². The molecule has 0 fully saturated rings. The van der Waals surface area contributed by atoms with E-state index < -0.39 is 0 Å². The third-order valence-electron chi connectivity index (χ3n) is 3.16. The van der Waals surface area contributed by atoms with Crippen molar-refractivity contribution in [1.82, 2.24) is 14.9 Å². The molecule has 1 aromatic heterocycles. The number of rotatable bonds is 4. The van der Waals surface area contributed by atoms with Gasteiger partial charge < -0.3 is 9.88 Å². The Morgan fingerprint density at radius 1 is 1.47 bits per heavy atom. The summed E-state index contributed by atoms with van der Waals surface area (Å²) in [6.07, 6.45) is 1.12. The van der Waals surface area contributed by atoms with E-state index in [1.165, 1.54) is 0 Å². The second-order valence-corrected chi connectivity index (χ2v) is 4.79. The Kier molecular flexibility index (Phi) is 3.69. The number of fused-ring (bicyclic) bond motifs is 1. The minimum atomic E-state index is 0.505. The second-order valence-electron chi connectivity index (χ2n) is 4.38. The summed E-state index contributed by atoms with van der Waals surface area (Å²) in [5.74, 6) is 1.02. The number of benzene rings is 1. The van der Waals surface area contributed by atoms with Crippen LogP contribution in [0.5, 0.6) is 0 Å². The number of imidazole rings is 1. The Balaban J connectivity index is 2.30. The molecule has 4 heteroatoms. The average Bonchev–Trinajstić information content (AvgIpc) is 2.64. The van der Waals surface area contributed by atoms with Crippen LogP contribution in [0.1, 0.15) is 26.1 Å². The fraction of sp³-hybridized carbons (Fsp3) is 0.462. The number of nitrogens with one attached hydrogen (secondary N) is 1. The lowest BCUT2D eigenvalue weighted by molar-refractivity contribution is 0.517. The summed E-state index contributed by atoms with van der Waals surface area (Å²) in [6.45, 7) is 5.12. The molecule has 0 amide bonds. The van der Waals surface area contributed by atoms with E-state index in [4.69, 9.17) is 11.6 Å². The van der Waals surface area contributed by atoms with Gasteiger partial charge in [-0.2, -0.15) is 0 Å². The molecule has 0 spiro atoms. The van der Waals surface area contributed by atoms with E-state index in [0.29, 0.717) is 6.04 Å². The maximum atomic E-state index is 6.18. The zero-order valence-electron chi connectivity index (χ0n) is 10.5. The molecule has 0 aliphatic carbocycles. The topological polar surface area (TPSA) is 29.9 Å². The summed E-state index contributed by atoms with van der Waals surface area (Å²) < 4.78 is 2.06. The SMILES string of the molecule is CCC(C)NCc1nc2cccc(Cl)c2n1C. The lowest BCUT2D eigenvalue weighted by atomic mass is 10.2. The van der Waals surface area contributed by atoms with Gasteiger partial charge in [0.2, 0.25) is 0 Å². The van der Waals surface area contributed by atoms with Crippen molar-refractivity contribution < 1.29 is 0 Å². The van der Waals surface area contributed by atoms with Gasteiger partial charge in [-0.05, 0) is 25.5 Å². The molecule has 1 N–H and O–H groups in total. The van der Waals surface area contributed by atoms with Crippen molar-refractivity contribution in [2.24, 2.45) is 7.05 Å². The Morgan fingerprint density at radius 3 is 2.88 bits per heavy atom. The normalized spacial score (nSPS) is 13.2. The number of hydrogen-bond acceptors (Lipinski definition) is 2. The number of hydrogen-bond donors (Lipinski definition) is 1. The summed E-state index contributed by atoms with van der Waals surface area (Å²) in [7, 11) is 2.01. The van der Waals surface area contributed by atoms with Crippen molar-refractivity contribution in [3.05, 3.63) is 29.0 Å². The predicted octanol–water partition coefficient (Wildman–Crippen LogP) is 3.11. The third-order valence-corrected chi connectivity index (χ3v) is 3.46. The molecule has 0 aliphatic rings. The molecule has 2 aromatic rings. The third kappa shape index (κ3) is 2.45. The number of nitrogens with zero attached hydrogens (tertiary/aromatic N) is 2. The van der Waals surface area contributed by atoms with Crippen LogP contribution in [0.4, 0.5) is 0 Å². The van der Waals surface area contributed by atoms with Crippen LogP contribution in [-0.4, -0.2) is 15.6 Å². The minimum Gasteiger partial charge on any atom is -0.329 e. The van der Waals surface area contributed by atoms with Crippen LogP contribution in [0.25, 0.3) is 11.0 Å². The van der Waals surface area contributed by atoms with Gasteiger partial charge in [-0.25, -0.2) is 4.98 Å². The highest BCUT2D eigenvalue weighted by atomic mass is 35.5. The van der Waals surface area contributed by atoms with Crippen LogP contribution in [0, 0.1) is 0 Å². The fourth-order valence-electron chi connectivity index (χ4n) is 1.84. The van der Waals surface area contributed by atoms with Gasteiger partial charge in [0.1, 0.15) is 5.82 Å². The van der Waals surface area contributed by atoms with Crippen molar-refractivity contribution in [2.45, 2.75) is 32.9 Å². The molecule has 0 saturated heterocycles. The second kappa shape index (κ2) is 5.07. The van der Waals surface area contributed by atoms with E-state index >= 15 is 0 Å². The lowest BCUT2D eigenvalue weighted by Gasteiger charge is -2.10. The van der Waals surface area contributed by atoms with Crippen LogP contribution in [0.2, 0.25) is 5.02 Å². The van der Waals surface area contributed by atoms with Crippen molar-refractivity contribution in [1.29, 1.82) is 0 Å². The Labute approximate surface area is 107 Å². The van der Waals surface area contributed by atoms with Gasteiger partial charge >= 0.3 is 0 Å². The lowest BCUT2D eigenvalue weighted by Crippen LogP contribution is -2.25. The minimum absolute atomic E-state index is 0.505. The van der Waals surface area contributed by atoms with Gasteiger partial charge in [0, 0.05) is 13.1 Å². The maximum absolute atomic E-state index is 6.18. The number of aromatic nitrogens is 2. The first-order chi connectivity index (χ1) is 8.13. The molecular weight excluding hydrogens is 234 g/mol. The zero-order valence-corrected chi connectivity index (χ0v) is 11.3. The molecule has 17 heavy (non-hydrogen) atoms. The van der Waals surface area contributed by atoms with E-state index in [9.17, 15) is 0 Å². The van der Waals surface area contributed by atoms with Crippen molar-refractivity contribution in [3.8, 4) is 0 Å². The van der Waals surface area contributed by atoms with E-state index in [-0.39, 0.29) is 0 Å². The fourth-order valence-corrected chi connectivity index (χ4v) is 2.13. The quantitative estimate of drug-likeness (QED) is 0.905. The summed E-state index contributed by atoms with van der Waals surface area (Å²) in [5.41, 5.74) is 1.97. The standard InChI is InChI=1S/C13H18ClN3/c1-4-9(2)15-8-12-16-11-7-5-6-10(14)13(11)17(12)3/h5-7,9,15H,4,8H2,1-3H3. The van der Waals surface area contributed by atoms with Gasteiger partial charge in [0.05, 0.1) is 22.6 Å². The summed E-state index contributed by atoms with van der Waals surface area (Å²) in [5, 5.41) is 4.20. The van der Waals surface area contributed by atoms with E-state index in [1.807, 2.05) is 25.2 Å². The Bertz CT molecular complexity index is 519. The number of aryl methyl sites for hydroxylation is 1. The molecule has 0 bridgehead atoms. The van der Waals surface area contributed by atoms with Crippen LogP contribution in [0.15, 0.2) is 18.2 Å². The van der Waals surface area contributed by atoms with E-state index in [2.05, 4.69) is 28.7 Å². The first kappa shape index (κ1) is 12.4. The van der Waals surface area contributed by atoms with Crippen molar-refractivity contribution >= 4 is 22.6 Å². The molecule has 1 aromatic carbocycles. The Hall–Kier alpha value is -1.06. The highest BCUT2D eigenvalue weighted by molar-refractivity contribution is 6.35. The van der Waals surface area contributed by atoms with Crippen molar-refractivity contribution in [2.75, 3.05) is 0 Å². The average molecular weight is 252 g/mol. The van der Waals surface area contributed by atoms with Gasteiger partial charge in [0.15, 0.2) is 0 Å². The number of halogens is 1. The van der Waals surface area contributed by atoms with Crippen LogP contribution in [-0.2, 0) is 13.6 Å². The molecular formula is C13H18ClN3. The molecule has 3 nitrogen and oxygen atoms in total. The van der Waals surface area contributed by atoms with Gasteiger partial charge in [0.25, 0.3) is 0 Å². The van der Waals surface area contributed by atoms with Crippen molar-refractivity contribution in [3.63, 3.8) is 0 Å². The van der Waals surface area contributed by atoms with Gasteiger partial charge in [-0.1, -0.05) is 24.6 Å². The zero-order chi connectivity index (χ0) is 12.4. The predicted molar refractivity (Wildman–Crippen MR) is 72.3 cm³/mol. The highest BCUT2D eigenvalue weighted by Gasteiger charge is 2.10. The smallest absolute Gasteiger partial charge is 0.123 e. The monoisotopic (exact) mass is 251 g/mol. The summed E-state index contributed by atoms with van der Waals surface area (Å²) in [4.78, 5) is 4.60. The molecule has 2 rings (SSSR count). The molecule has 0 aliphatic heterocycles. The molecule has 0 saturated carbocycles. The molecule has 0 radical (unpaired) electrons. The Morgan fingerprint density at radius 2 is 2.24 bits per heavy atom. The van der Waals surface area contributed by atoms with E-state index in [1.54, 1.807) is 0 Å². The first-order valence-corrected chi connectivity index (χ1v) is 6.34. The van der Waals surface area contributed by atoms with Crippen LogP contribution >= 0.6 is 11.6 Å².